The molecule has 5 nitrogen and oxygen atoms in total. The molecule has 110 valence electrons. The number of nitrogens with one attached hydrogen (secondary N) is 2. The number of primary amides is 1. The topological polar surface area (TPSA) is 84.2 Å². The molecule has 0 spiro atoms. The van der Waals surface area contributed by atoms with Gasteiger partial charge in [0.05, 0.1) is 12.1 Å². The highest BCUT2D eigenvalue weighted by Gasteiger charge is 2.28. The van der Waals surface area contributed by atoms with Gasteiger partial charge in [-0.1, -0.05) is 22.9 Å². The second kappa shape index (κ2) is 6.85. The van der Waals surface area contributed by atoms with E-state index < -0.39 is 11.4 Å². The highest BCUT2D eigenvalue weighted by Crippen LogP contribution is 2.19. The van der Waals surface area contributed by atoms with Gasteiger partial charge < -0.3 is 11.1 Å². The summed E-state index contributed by atoms with van der Waals surface area (Å²) in [7, 11) is 0. The Hall–Kier alpha value is -1.40. The first kappa shape index (κ1) is 16.7. The maximum atomic E-state index is 11.9. The number of halogens is 1. The highest BCUT2D eigenvalue weighted by atomic mass is 79.9. The molecule has 20 heavy (non-hydrogen) atoms. The first-order chi connectivity index (χ1) is 9.28. The molecule has 0 aliphatic rings. The summed E-state index contributed by atoms with van der Waals surface area (Å²) in [6.45, 7) is 5.50. The molecule has 0 saturated heterocycles. The van der Waals surface area contributed by atoms with Crippen LogP contribution in [0.15, 0.2) is 22.7 Å². The van der Waals surface area contributed by atoms with Gasteiger partial charge in [0.1, 0.15) is 0 Å². The maximum absolute atomic E-state index is 11.9. The Balaban J connectivity index is 2.60. The van der Waals surface area contributed by atoms with Gasteiger partial charge in [-0.2, -0.15) is 0 Å². The number of hydrogen-bond acceptors (Lipinski definition) is 3. The van der Waals surface area contributed by atoms with Gasteiger partial charge >= 0.3 is 0 Å². The van der Waals surface area contributed by atoms with Crippen LogP contribution < -0.4 is 16.4 Å². The molecule has 0 fully saturated rings. The summed E-state index contributed by atoms with van der Waals surface area (Å²) in [5.41, 5.74) is 6.20. The molecule has 0 bridgehead atoms. The SMILES string of the molecule is CCC(C)(NCC(=O)Nc1ccc(Br)c(C)c1)C(N)=O. The molecule has 1 aromatic rings. The fourth-order valence-corrected chi connectivity index (χ4v) is 1.84. The van der Waals surface area contributed by atoms with Crippen molar-refractivity contribution in [2.24, 2.45) is 5.73 Å². The van der Waals surface area contributed by atoms with E-state index in [1.54, 1.807) is 6.92 Å². The van der Waals surface area contributed by atoms with Gasteiger partial charge in [-0.15, -0.1) is 0 Å². The minimum absolute atomic E-state index is 0.0302. The van der Waals surface area contributed by atoms with E-state index in [9.17, 15) is 9.59 Å². The molecule has 6 heteroatoms. The van der Waals surface area contributed by atoms with E-state index in [0.29, 0.717) is 6.42 Å². The molecule has 0 radical (unpaired) electrons. The van der Waals surface area contributed by atoms with Crippen molar-refractivity contribution >= 4 is 33.4 Å². The molecule has 1 rings (SSSR count). The number of hydrogen-bond donors (Lipinski definition) is 3. The van der Waals surface area contributed by atoms with Gasteiger partial charge in [-0.3, -0.25) is 14.9 Å². The first-order valence-corrected chi connectivity index (χ1v) is 7.18. The summed E-state index contributed by atoms with van der Waals surface area (Å²) in [5, 5.41) is 5.67. The third-order valence-electron chi connectivity index (χ3n) is 3.33. The van der Waals surface area contributed by atoms with Gasteiger partial charge in [0.2, 0.25) is 11.8 Å². The summed E-state index contributed by atoms with van der Waals surface area (Å²) in [6.07, 6.45) is 0.521. The fraction of sp³-hybridized carbons (Fsp3) is 0.429. The quantitative estimate of drug-likeness (QED) is 0.739. The van der Waals surface area contributed by atoms with Crippen LogP contribution in [0.25, 0.3) is 0 Å². The molecule has 2 amide bonds. The number of nitrogens with two attached hydrogens (primary N) is 1. The Morgan fingerprint density at radius 3 is 2.55 bits per heavy atom. The number of anilines is 1. The molecule has 0 aliphatic heterocycles. The van der Waals surface area contributed by atoms with Gasteiger partial charge in [0, 0.05) is 10.2 Å². The molecule has 0 heterocycles. The van der Waals surface area contributed by atoms with Crippen LogP contribution in [0.1, 0.15) is 25.8 Å². The monoisotopic (exact) mass is 341 g/mol. The summed E-state index contributed by atoms with van der Waals surface area (Å²) in [5.74, 6) is -0.681. The van der Waals surface area contributed by atoms with E-state index in [2.05, 4.69) is 26.6 Å². The van der Waals surface area contributed by atoms with Crippen LogP contribution in [-0.4, -0.2) is 23.9 Å². The van der Waals surface area contributed by atoms with E-state index in [1.165, 1.54) is 0 Å². The van der Waals surface area contributed by atoms with Crippen molar-refractivity contribution in [3.05, 3.63) is 28.2 Å². The van der Waals surface area contributed by atoms with Crippen molar-refractivity contribution in [2.75, 3.05) is 11.9 Å². The zero-order valence-corrected chi connectivity index (χ0v) is 13.5. The zero-order valence-electron chi connectivity index (χ0n) is 11.9. The lowest BCUT2D eigenvalue weighted by Gasteiger charge is -2.25. The number of carbonyl (C=O) groups excluding carboxylic acids is 2. The summed E-state index contributed by atoms with van der Waals surface area (Å²) in [4.78, 5) is 23.2. The number of carbonyl (C=O) groups is 2. The highest BCUT2D eigenvalue weighted by molar-refractivity contribution is 9.10. The minimum atomic E-state index is -0.868. The van der Waals surface area contributed by atoms with E-state index in [1.807, 2.05) is 32.0 Å². The molecule has 1 aromatic carbocycles. The molecule has 0 aromatic heterocycles. The summed E-state index contributed by atoms with van der Waals surface area (Å²) in [6, 6.07) is 5.55. The lowest BCUT2D eigenvalue weighted by molar-refractivity contribution is -0.124. The van der Waals surface area contributed by atoms with Crippen molar-refractivity contribution in [3.63, 3.8) is 0 Å². The predicted molar refractivity (Wildman–Crippen MR) is 83.4 cm³/mol. The van der Waals surface area contributed by atoms with Crippen LogP contribution in [0.4, 0.5) is 5.69 Å². The molecule has 4 N–H and O–H groups in total. The minimum Gasteiger partial charge on any atom is -0.368 e. The number of benzene rings is 1. The smallest absolute Gasteiger partial charge is 0.238 e. The predicted octanol–water partition coefficient (Wildman–Crippen LogP) is 1.94. The number of rotatable bonds is 6. The number of aryl methyl sites for hydroxylation is 1. The molecule has 1 unspecified atom stereocenters. The van der Waals surface area contributed by atoms with Crippen LogP contribution in [0.5, 0.6) is 0 Å². The average Bonchev–Trinajstić information content (AvgIpc) is 2.40. The van der Waals surface area contributed by atoms with Crippen LogP contribution in [0.3, 0.4) is 0 Å². The van der Waals surface area contributed by atoms with E-state index in [0.717, 1.165) is 15.7 Å². The largest absolute Gasteiger partial charge is 0.368 e. The Bertz CT molecular complexity index is 519. The molecular weight excluding hydrogens is 322 g/mol. The van der Waals surface area contributed by atoms with E-state index in [-0.39, 0.29) is 12.5 Å². The van der Waals surface area contributed by atoms with Crippen LogP contribution in [-0.2, 0) is 9.59 Å². The second-order valence-corrected chi connectivity index (χ2v) is 5.77. The van der Waals surface area contributed by atoms with E-state index in [4.69, 9.17) is 5.73 Å². The van der Waals surface area contributed by atoms with E-state index >= 15 is 0 Å². The Kier molecular flexibility index (Phi) is 5.71. The maximum Gasteiger partial charge on any atom is 0.238 e. The van der Waals surface area contributed by atoms with Crippen molar-refractivity contribution in [1.82, 2.24) is 5.32 Å². The molecule has 0 saturated carbocycles. The number of amides is 2. The van der Waals surface area contributed by atoms with Crippen molar-refractivity contribution in [1.29, 1.82) is 0 Å². The third-order valence-corrected chi connectivity index (χ3v) is 4.22. The second-order valence-electron chi connectivity index (χ2n) is 4.92. The van der Waals surface area contributed by atoms with Gasteiger partial charge in [0.15, 0.2) is 0 Å². The van der Waals surface area contributed by atoms with Crippen molar-refractivity contribution in [3.8, 4) is 0 Å². The van der Waals surface area contributed by atoms with Crippen LogP contribution in [0, 0.1) is 6.92 Å². The Labute approximate surface area is 127 Å². The van der Waals surface area contributed by atoms with Gasteiger partial charge in [-0.25, -0.2) is 0 Å². The van der Waals surface area contributed by atoms with Crippen LogP contribution in [0.2, 0.25) is 0 Å². The standard InChI is InChI=1S/C14H20BrN3O2/c1-4-14(3,13(16)20)17-8-12(19)18-10-5-6-11(15)9(2)7-10/h5-7,17H,4,8H2,1-3H3,(H2,16,20)(H,18,19). The molecule has 1 atom stereocenters. The van der Waals surface area contributed by atoms with Crippen LogP contribution >= 0.6 is 15.9 Å². The van der Waals surface area contributed by atoms with Gasteiger partial charge in [-0.05, 0) is 44.0 Å². The zero-order chi connectivity index (χ0) is 15.3. The third kappa shape index (κ3) is 4.31. The molecule has 0 aliphatic carbocycles. The van der Waals surface area contributed by atoms with Crippen molar-refractivity contribution in [2.45, 2.75) is 32.7 Å². The summed E-state index contributed by atoms with van der Waals surface area (Å²) >= 11 is 3.40. The lowest BCUT2D eigenvalue weighted by Crippen LogP contribution is -2.54. The molecular formula is C14H20BrN3O2. The Morgan fingerprint density at radius 1 is 1.40 bits per heavy atom. The van der Waals surface area contributed by atoms with Gasteiger partial charge in [0.25, 0.3) is 0 Å². The normalized spacial score (nSPS) is 13.6. The summed E-state index contributed by atoms with van der Waals surface area (Å²) < 4.78 is 0.987. The lowest BCUT2D eigenvalue weighted by atomic mass is 9.98. The Morgan fingerprint density at radius 2 is 2.05 bits per heavy atom. The fourth-order valence-electron chi connectivity index (χ4n) is 1.59. The van der Waals surface area contributed by atoms with Crippen molar-refractivity contribution < 1.29 is 9.59 Å². The first-order valence-electron chi connectivity index (χ1n) is 6.39. The average molecular weight is 342 g/mol.